The number of aromatic nitrogens is 3. The minimum Gasteiger partial charge on any atom is -0.481 e. The average molecular weight is 167 g/mol. The van der Waals surface area contributed by atoms with Crippen molar-refractivity contribution in [2.45, 2.75) is 12.3 Å². The van der Waals surface area contributed by atoms with Crippen LogP contribution >= 0.6 is 0 Å². The maximum atomic E-state index is 10.5. The first kappa shape index (κ1) is 7.27. The molecule has 12 heavy (non-hydrogen) atoms. The van der Waals surface area contributed by atoms with Gasteiger partial charge in [0.1, 0.15) is 12.2 Å². The fraction of sp³-hybridized carbons (Fsp3) is 0.571. The molecule has 0 radical (unpaired) electrons. The van der Waals surface area contributed by atoms with Gasteiger partial charge in [0.25, 0.3) is 0 Å². The largest absolute Gasteiger partial charge is 0.481 e. The molecule has 1 fully saturated rings. The summed E-state index contributed by atoms with van der Waals surface area (Å²) in [4.78, 5) is 10.5. The molecule has 1 saturated carbocycles. The molecule has 2 rings (SSSR count). The minimum absolute atomic E-state index is 0.0787. The Morgan fingerprint density at radius 2 is 2.58 bits per heavy atom. The van der Waals surface area contributed by atoms with E-state index in [1.54, 1.807) is 10.9 Å². The Morgan fingerprint density at radius 1 is 1.83 bits per heavy atom. The number of aliphatic carboxylic acids is 1. The number of nitrogens with zero attached hydrogens (tertiary/aromatic N) is 3. The van der Waals surface area contributed by atoms with Crippen LogP contribution in [-0.4, -0.2) is 25.8 Å². The van der Waals surface area contributed by atoms with E-state index in [0.29, 0.717) is 6.42 Å². The van der Waals surface area contributed by atoms with E-state index in [9.17, 15) is 4.79 Å². The predicted octanol–water partition coefficient (Wildman–Crippen LogP) is 0.00320. The molecule has 0 aliphatic heterocycles. The van der Waals surface area contributed by atoms with E-state index in [1.165, 1.54) is 0 Å². The third-order valence-electron chi connectivity index (χ3n) is 2.19. The highest BCUT2D eigenvalue weighted by Gasteiger charge is 2.46. The number of hydrogen-bond donors (Lipinski definition) is 1. The molecule has 0 aromatic carbocycles. The monoisotopic (exact) mass is 167 g/mol. The average Bonchev–Trinajstić information content (AvgIpc) is 2.70. The Kier molecular flexibility index (Phi) is 1.39. The zero-order chi connectivity index (χ0) is 8.72. The number of rotatable bonds is 2. The highest BCUT2D eigenvalue weighted by atomic mass is 16.4. The zero-order valence-electron chi connectivity index (χ0n) is 6.64. The molecule has 0 amide bonds. The molecule has 1 heterocycles. The fourth-order valence-corrected chi connectivity index (χ4v) is 1.38. The first-order chi connectivity index (χ1) is 5.70. The van der Waals surface area contributed by atoms with Crippen LogP contribution in [0, 0.1) is 5.92 Å². The van der Waals surface area contributed by atoms with Gasteiger partial charge in [-0.05, 0) is 6.42 Å². The van der Waals surface area contributed by atoms with Gasteiger partial charge in [0.15, 0.2) is 0 Å². The molecule has 0 bridgehead atoms. The quantitative estimate of drug-likeness (QED) is 0.673. The van der Waals surface area contributed by atoms with E-state index in [2.05, 4.69) is 10.2 Å². The molecule has 2 atom stereocenters. The number of carboxylic acids is 1. The Balaban J connectivity index is 2.15. The van der Waals surface area contributed by atoms with Crippen molar-refractivity contribution >= 4 is 5.97 Å². The van der Waals surface area contributed by atoms with Gasteiger partial charge in [-0.3, -0.25) is 4.79 Å². The van der Waals surface area contributed by atoms with E-state index in [1.807, 2.05) is 7.05 Å². The van der Waals surface area contributed by atoms with Gasteiger partial charge in [-0.25, -0.2) is 0 Å². The summed E-state index contributed by atoms with van der Waals surface area (Å²) in [6, 6.07) is 0. The first-order valence-electron chi connectivity index (χ1n) is 3.77. The minimum atomic E-state index is -0.733. The van der Waals surface area contributed by atoms with Crippen LogP contribution in [0.4, 0.5) is 0 Å². The number of aryl methyl sites for hydroxylation is 1. The maximum Gasteiger partial charge on any atom is 0.307 e. The van der Waals surface area contributed by atoms with Crippen molar-refractivity contribution in [2.75, 3.05) is 0 Å². The lowest BCUT2D eigenvalue weighted by atomic mass is 10.3. The zero-order valence-corrected chi connectivity index (χ0v) is 6.64. The lowest BCUT2D eigenvalue weighted by Gasteiger charge is -1.95. The standard InChI is InChI=1S/C7H9N3O2/c1-10-3-8-9-6(10)4-2-5(4)7(11)12/h3-5H,2H2,1H3,(H,11,12). The van der Waals surface area contributed by atoms with Crippen molar-refractivity contribution in [1.29, 1.82) is 0 Å². The lowest BCUT2D eigenvalue weighted by molar-refractivity contribution is -0.138. The highest BCUT2D eigenvalue weighted by molar-refractivity contribution is 5.74. The van der Waals surface area contributed by atoms with Crippen molar-refractivity contribution in [1.82, 2.24) is 14.8 Å². The molecule has 5 heteroatoms. The maximum absolute atomic E-state index is 10.5. The molecule has 1 aliphatic carbocycles. The van der Waals surface area contributed by atoms with Crippen LogP contribution in [0.1, 0.15) is 18.2 Å². The lowest BCUT2D eigenvalue weighted by Crippen LogP contribution is -2.02. The van der Waals surface area contributed by atoms with Crippen molar-refractivity contribution in [3.63, 3.8) is 0 Å². The number of carbonyl (C=O) groups is 1. The van der Waals surface area contributed by atoms with Gasteiger partial charge in [0, 0.05) is 13.0 Å². The van der Waals surface area contributed by atoms with E-state index >= 15 is 0 Å². The predicted molar refractivity (Wildman–Crippen MR) is 39.5 cm³/mol. The van der Waals surface area contributed by atoms with Gasteiger partial charge in [0.05, 0.1) is 5.92 Å². The third-order valence-corrected chi connectivity index (χ3v) is 2.19. The Morgan fingerprint density at radius 3 is 3.00 bits per heavy atom. The van der Waals surface area contributed by atoms with Gasteiger partial charge in [0.2, 0.25) is 0 Å². The molecular formula is C7H9N3O2. The highest BCUT2D eigenvalue weighted by Crippen LogP contribution is 2.46. The van der Waals surface area contributed by atoms with Crippen LogP contribution in [-0.2, 0) is 11.8 Å². The summed E-state index contributed by atoms with van der Waals surface area (Å²) in [6.45, 7) is 0. The summed E-state index contributed by atoms with van der Waals surface area (Å²) in [7, 11) is 1.83. The van der Waals surface area contributed by atoms with Crippen LogP contribution in [0.2, 0.25) is 0 Å². The van der Waals surface area contributed by atoms with Crippen molar-refractivity contribution < 1.29 is 9.90 Å². The van der Waals surface area contributed by atoms with Crippen molar-refractivity contribution in [3.05, 3.63) is 12.2 Å². The number of carboxylic acid groups (broad SMARTS) is 1. The van der Waals surface area contributed by atoms with E-state index in [0.717, 1.165) is 5.82 Å². The number of hydrogen-bond acceptors (Lipinski definition) is 3. The summed E-state index contributed by atoms with van der Waals surface area (Å²) >= 11 is 0. The second kappa shape index (κ2) is 2.30. The summed E-state index contributed by atoms with van der Waals surface area (Å²) in [5.41, 5.74) is 0. The summed E-state index contributed by atoms with van der Waals surface area (Å²) in [5.74, 6) is -0.117. The van der Waals surface area contributed by atoms with Gasteiger partial charge < -0.3 is 9.67 Å². The summed E-state index contributed by atoms with van der Waals surface area (Å²) in [5, 5.41) is 16.2. The van der Waals surface area contributed by atoms with E-state index in [4.69, 9.17) is 5.11 Å². The molecule has 1 aliphatic rings. The molecule has 1 N–H and O–H groups in total. The topological polar surface area (TPSA) is 68.0 Å². The van der Waals surface area contributed by atoms with Crippen molar-refractivity contribution in [2.24, 2.45) is 13.0 Å². The molecule has 5 nitrogen and oxygen atoms in total. The Hall–Kier alpha value is -1.39. The Bertz CT molecular complexity index is 320. The third kappa shape index (κ3) is 0.975. The van der Waals surface area contributed by atoms with Crippen LogP contribution in [0.15, 0.2) is 6.33 Å². The Labute approximate surface area is 69.0 Å². The SMILES string of the molecule is Cn1cnnc1C1CC1C(=O)O. The molecule has 0 spiro atoms. The fourth-order valence-electron chi connectivity index (χ4n) is 1.38. The van der Waals surface area contributed by atoms with Gasteiger partial charge in [-0.1, -0.05) is 0 Å². The van der Waals surface area contributed by atoms with Crippen LogP contribution in [0.5, 0.6) is 0 Å². The van der Waals surface area contributed by atoms with Gasteiger partial charge in [-0.2, -0.15) is 0 Å². The molecule has 2 unspecified atom stereocenters. The molecular weight excluding hydrogens is 158 g/mol. The smallest absolute Gasteiger partial charge is 0.307 e. The summed E-state index contributed by atoms with van der Waals surface area (Å²) < 4.78 is 1.77. The normalized spacial score (nSPS) is 27.1. The second-order valence-electron chi connectivity index (χ2n) is 3.09. The molecule has 1 aromatic rings. The van der Waals surface area contributed by atoms with Crippen LogP contribution in [0.25, 0.3) is 0 Å². The van der Waals surface area contributed by atoms with Crippen LogP contribution in [0.3, 0.4) is 0 Å². The van der Waals surface area contributed by atoms with Crippen LogP contribution < -0.4 is 0 Å². The van der Waals surface area contributed by atoms with E-state index < -0.39 is 5.97 Å². The van der Waals surface area contributed by atoms with E-state index in [-0.39, 0.29) is 11.8 Å². The second-order valence-corrected chi connectivity index (χ2v) is 3.09. The molecule has 0 saturated heterocycles. The van der Waals surface area contributed by atoms with Gasteiger partial charge >= 0.3 is 5.97 Å². The van der Waals surface area contributed by atoms with Gasteiger partial charge in [-0.15, -0.1) is 10.2 Å². The van der Waals surface area contributed by atoms with Crippen molar-refractivity contribution in [3.8, 4) is 0 Å². The first-order valence-corrected chi connectivity index (χ1v) is 3.77. The molecule has 1 aromatic heterocycles. The summed E-state index contributed by atoms with van der Waals surface area (Å²) in [6.07, 6.45) is 2.29. The molecule has 64 valence electrons.